The predicted molar refractivity (Wildman–Crippen MR) is 76.5 cm³/mol. The van der Waals surface area contributed by atoms with Crippen molar-refractivity contribution >= 4 is 11.6 Å². The summed E-state index contributed by atoms with van der Waals surface area (Å²) in [5.74, 6) is 0.188. The molecule has 1 heterocycles. The summed E-state index contributed by atoms with van der Waals surface area (Å²) >= 11 is 5.78. The minimum absolute atomic E-state index is 0.102. The van der Waals surface area contributed by atoms with Gasteiger partial charge in [0.2, 0.25) is 0 Å². The van der Waals surface area contributed by atoms with Crippen molar-refractivity contribution in [2.45, 2.75) is 25.9 Å². The van der Waals surface area contributed by atoms with E-state index in [2.05, 4.69) is 5.10 Å². The van der Waals surface area contributed by atoms with Crippen molar-refractivity contribution in [1.82, 2.24) is 9.78 Å². The number of methoxy groups -OCH3 is 1. The molecule has 0 spiro atoms. The third-order valence-electron chi connectivity index (χ3n) is 3.19. The molecule has 1 aromatic heterocycles. The Labute approximate surface area is 122 Å². The highest BCUT2D eigenvalue weighted by molar-refractivity contribution is 6.30. The molecule has 1 aromatic carbocycles. The number of hydrogen-bond acceptors (Lipinski definition) is 3. The normalized spacial score (nSPS) is 12.4. The summed E-state index contributed by atoms with van der Waals surface area (Å²) in [5.41, 5.74) is 7.43. The molecule has 2 aromatic rings. The molecule has 108 valence electrons. The first-order chi connectivity index (χ1) is 9.58. The van der Waals surface area contributed by atoms with Crippen LogP contribution >= 0.6 is 11.6 Å². The van der Waals surface area contributed by atoms with E-state index in [1.54, 1.807) is 30.1 Å². The maximum atomic E-state index is 13.9. The van der Waals surface area contributed by atoms with Gasteiger partial charge in [0.05, 0.1) is 30.1 Å². The monoisotopic (exact) mass is 297 g/mol. The van der Waals surface area contributed by atoms with Crippen LogP contribution in [0.4, 0.5) is 4.39 Å². The lowest BCUT2D eigenvalue weighted by atomic mass is 10.0. The van der Waals surface area contributed by atoms with Crippen LogP contribution in [-0.4, -0.2) is 16.9 Å². The summed E-state index contributed by atoms with van der Waals surface area (Å²) < 4.78 is 20.9. The molecule has 0 saturated carbocycles. The molecule has 1 atom stereocenters. The quantitative estimate of drug-likeness (QED) is 0.923. The van der Waals surface area contributed by atoms with Gasteiger partial charge in [0, 0.05) is 6.54 Å². The first kappa shape index (κ1) is 14.8. The summed E-state index contributed by atoms with van der Waals surface area (Å²) in [6.45, 7) is 2.63. The summed E-state index contributed by atoms with van der Waals surface area (Å²) in [6.07, 6.45) is 1.95. The van der Waals surface area contributed by atoms with Crippen LogP contribution in [0, 0.1) is 5.82 Å². The van der Waals surface area contributed by atoms with E-state index >= 15 is 0 Å². The first-order valence-corrected chi connectivity index (χ1v) is 6.74. The van der Waals surface area contributed by atoms with Gasteiger partial charge in [-0.25, -0.2) is 4.39 Å². The van der Waals surface area contributed by atoms with Gasteiger partial charge < -0.3 is 10.5 Å². The topological polar surface area (TPSA) is 53.1 Å². The second-order valence-electron chi connectivity index (χ2n) is 4.44. The number of ether oxygens (including phenoxy) is 1. The van der Waals surface area contributed by atoms with Gasteiger partial charge in [0.25, 0.3) is 0 Å². The third-order valence-corrected chi connectivity index (χ3v) is 3.48. The minimum Gasteiger partial charge on any atom is -0.493 e. The van der Waals surface area contributed by atoms with E-state index in [0.29, 0.717) is 24.3 Å². The predicted octanol–water partition coefficient (Wildman–Crippen LogP) is 2.95. The van der Waals surface area contributed by atoms with E-state index in [1.807, 2.05) is 6.92 Å². The highest BCUT2D eigenvalue weighted by atomic mass is 35.5. The molecular weight excluding hydrogens is 281 g/mol. The van der Waals surface area contributed by atoms with Gasteiger partial charge in [-0.15, -0.1) is 0 Å². The van der Waals surface area contributed by atoms with Gasteiger partial charge in [-0.05, 0) is 25.0 Å². The number of rotatable bonds is 5. The second-order valence-corrected chi connectivity index (χ2v) is 4.84. The van der Waals surface area contributed by atoms with E-state index in [9.17, 15) is 4.39 Å². The number of nitrogens with zero attached hydrogens (tertiary/aromatic N) is 2. The van der Waals surface area contributed by atoms with Gasteiger partial charge in [0.1, 0.15) is 5.82 Å². The third kappa shape index (κ3) is 2.78. The fourth-order valence-corrected chi connectivity index (χ4v) is 2.39. The van der Waals surface area contributed by atoms with E-state index < -0.39 is 11.9 Å². The molecule has 2 N–H and O–H groups in total. The van der Waals surface area contributed by atoms with Crippen LogP contribution in [0.3, 0.4) is 0 Å². The van der Waals surface area contributed by atoms with Crippen molar-refractivity contribution in [2.24, 2.45) is 5.73 Å². The molecule has 6 heteroatoms. The van der Waals surface area contributed by atoms with E-state index in [1.165, 1.54) is 6.07 Å². The van der Waals surface area contributed by atoms with Crippen LogP contribution in [0.2, 0.25) is 5.02 Å². The largest absolute Gasteiger partial charge is 0.493 e. The van der Waals surface area contributed by atoms with Gasteiger partial charge >= 0.3 is 0 Å². The zero-order valence-corrected chi connectivity index (χ0v) is 12.2. The van der Waals surface area contributed by atoms with Crippen LogP contribution in [0.5, 0.6) is 5.75 Å². The van der Waals surface area contributed by atoms with Crippen molar-refractivity contribution in [1.29, 1.82) is 0 Å². The molecule has 0 saturated heterocycles. The molecule has 0 radical (unpaired) electrons. The van der Waals surface area contributed by atoms with Gasteiger partial charge in [-0.2, -0.15) is 5.10 Å². The molecule has 20 heavy (non-hydrogen) atoms. The van der Waals surface area contributed by atoms with E-state index in [4.69, 9.17) is 22.1 Å². The molecule has 1 unspecified atom stereocenters. The van der Waals surface area contributed by atoms with Crippen molar-refractivity contribution in [3.63, 3.8) is 0 Å². The van der Waals surface area contributed by atoms with Gasteiger partial charge in [0.15, 0.2) is 5.75 Å². The Morgan fingerprint density at radius 2 is 2.25 bits per heavy atom. The zero-order chi connectivity index (χ0) is 14.7. The first-order valence-electron chi connectivity index (χ1n) is 6.36. The zero-order valence-electron chi connectivity index (χ0n) is 11.4. The summed E-state index contributed by atoms with van der Waals surface area (Å²) in [7, 11) is 1.56. The molecule has 0 fully saturated rings. The average molecular weight is 298 g/mol. The maximum Gasteiger partial charge on any atom is 0.161 e. The van der Waals surface area contributed by atoms with Crippen molar-refractivity contribution in [2.75, 3.05) is 7.11 Å². The molecule has 0 bridgehead atoms. The summed E-state index contributed by atoms with van der Waals surface area (Å²) in [6, 6.07) is 4.49. The van der Waals surface area contributed by atoms with E-state index in [-0.39, 0.29) is 5.02 Å². The lowest BCUT2D eigenvalue weighted by Crippen LogP contribution is -2.19. The fourth-order valence-electron chi connectivity index (χ4n) is 2.20. The van der Waals surface area contributed by atoms with Crippen LogP contribution in [-0.2, 0) is 13.0 Å². The number of hydrogen-bond donors (Lipinski definition) is 1. The Bertz CT molecular complexity index is 579. The number of halogens is 2. The molecular formula is C14H17ClFN3O. The number of nitrogens with two attached hydrogens (primary N) is 1. The highest BCUT2D eigenvalue weighted by Crippen LogP contribution is 2.28. The number of benzene rings is 1. The Kier molecular flexibility index (Phi) is 4.62. The van der Waals surface area contributed by atoms with Crippen LogP contribution < -0.4 is 10.5 Å². The van der Waals surface area contributed by atoms with Gasteiger partial charge in [-0.3, -0.25) is 4.68 Å². The second kappa shape index (κ2) is 6.24. The molecule has 0 aliphatic heterocycles. The summed E-state index contributed by atoms with van der Waals surface area (Å²) in [5, 5.41) is 4.30. The Morgan fingerprint density at radius 3 is 2.90 bits per heavy atom. The Morgan fingerprint density at radius 1 is 1.50 bits per heavy atom. The molecule has 0 aliphatic carbocycles. The van der Waals surface area contributed by atoms with Crippen molar-refractivity contribution < 1.29 is 9.13 Å². The molecule has 4 nitrogen and oxygen atoms in total. The average Bonchev–Trinajstić information content (AvgIpc) is 2.86. The van der Waals surface area contributed by atoms with E-state index in [0.717, 1.165) is 5.69 Å². The number of aromatic nitrogens is 2. The van der Waals surface area contributed by atoms with Crippen molar-refractivity contribution in [3.8, 4) is 5.75 Å². The van der Waals surface area contributed by atoms with Crippen LogP contribution in [0.15, 0.2) is 24.4 Å². The summed E-state index contributed by atoms with van der Waals surface area (Å²) in [4.78, 5) is 0. The van der Waals surface area contributed by atoms with Crippen LogP contribution in [0.25, 0.3) is 0 Å². The molecule has 0 amide bonds. The lowest BCUT2D eigenvalue weighted by molar-refractivity contribution is 0.400. The fraction of sp³-hybridized carbons (Fsp3) is 0.357. The lowest BCUT2D eigenvalue weighted by Gasteiger charge is -2.16. The SMILES string of the molecule is CCn1ncc(OC)c1C(N)Cc1cccc(Cl)c1F. The standard InChI is InChI=1S/C14H17ClFN3O/c1-3-19-14(12(20-2)8-18-19)11(17)7-9-5-4-6-10(15)13(9)16/h4-6,8,11H,3,7,17H2,1-2H3. The molecule has 2 rings (SSSR count). The highest BCUT2D eigenvalue weighted by Gasteiger charge is 2.20. The molecule has 0 aliphatic rings. The number of aryl methyl sites for hydroxylation is 1. The maximum absolute atomic E-state index is 13.9. The Hall–Kier alpha value is -1.59. The smallest absolute Gasteiger partial charge is 0.161 e. The van der Waals surface area contributed by atoms with Gasteiger partial charge in [-0.1, -0.05) is 23.7 Å². The van der Waals surface area contributed by atoms with Crippen molar-refractivity contribution in [3.05, 3.63) is 46.5 Å². The Balaban J connectivity index is 2.30. The minimum atomic E-state index is -0.425. The van der Waals surface area contributed by atoms with Crippen LogP contribution in [0.1, 0.15) is 24.2 Å².